The number of rotatable bonds is 4. The highest BCUT2D eigenvalue weighted by Gasteiger charge is 2.15. The Hall–Kier alpha value is -1.88. The van der Waals surface area contributed by atoms with Crippen molar-refractivity contribution in [3.63, 3.8) is 0 Å². The third kappa shape index (κ3) is 3.36. The van der Waals surface area contributed by atoms with E-state index in [0.717, 1.165) is 5.56 Å². The lowest BCUT2D eigenvalue weighted by molar-refractivity contribution is 0.0997. The predicted molar refractivity (Wildman–Crippen MR) is 81.1 cm³/mol. The van der Waals surface area contributed by atoms with E-state index in [-0.39, 0.29) is 5.56 Å². The van der Waals surface area contributed by atoms with Crippen molar-refractivity contribution in [1.29, 1.82) is 0 Å². The number of carbonyl (C=O) groups is 1. The van der Waals surface area contributed by atoms with Crippen molar-refractivity contribution in [3.8, 4) is 0 Å². The molecule has 0 radical (unpaired) electrons. The van der Waals surface area contributed by atoms with E-state index in [1.54, 1.807) is 6.07 Å². The Balaban J connectivity index is 2.24. The monoisotopic (exact) mass is 336 g/mol. The van der Waals surface area contributed by atoms with Crippen LogP contribution in [-0.2, 0) is 6.54 Å². The summed E-state index contributed by atoms with van der Waals surface area (Å²) in [6, 6.07) is 10.8. The van der Waals surface area contributed by atoms with Crippen molar-refractivity contribution in [2.75, 3.05) is 5.32 Å². The van der Waals surface area contributed by atoms with Crippen molar-refractivity contribution >= 4 is 27.5 Å². The number of hydrogen-bond acceptors (Lipinski definition) is 2. The highest BCUT2D eigenvalue weighted by molar-refractivity contribution is 9.10. The van der Waals surface area contributed by atoms with Crippen LogP contribution in [0.5, 0.6) is 0 Å². The minimum atomic E-state index is -0.790. The zero-order valence-electron chi connectivity index (χ0n) is 10.9. The first-order chi connectivity index (χ1) is 9.47. The number of primary amides is 1. The van der Waals surface area contributed by atoms with E-state index in [1.165, 1.54) is 11.6 Å². The molecule has 20 heavy (non-hydrogen) atoms. The van der Waals surface area contributed by atoms with E-state index < -0.39 is 11.7 Å². The Morgan fingerprint density at radius 1 is 1.30 bits per heavy atom. The summed E-state index contributed by atoms with van der Waals surface area (Å²) in [6.45, 7) is 2.49. The predicted octanol–water partition coefficient (Wildman–Crippen LogP) is 3.61. The molecule has 0 unspecified atom stereocenters. The first-order valence-corrected chi connectivity index (χ1v) is 6.85. The normalized spacial score (nSPS) is 10.3. The fourth-order valence-corrected chi connectivity index (χ4v) is 2.30. The molecule has 0 aliphatic rings. The molecule has 0 aromatic heterocycles. The molecule has 5 heteroatoms. The minimum absolute atomic E-state index is 0.125. The Bertz CT molecular complexity index is 641. The lowest BCUT2D eigenvalue weighted by Gasteiger charge is -2.12. The number of anilines is 1. The topological polar surface area (TPSA) is 55.1 Å². The van der Waals surface area contributed by atoms with Crippen LogP contribution in [0.15, 0.2) is 40.9 Å². The van der Waals surface area contributed by atoms with Gasteiger partial charge in [0.05, 0.1) is 11.3 Å². The van der Waals surface area contributed by atoms with Crippen LogP contribution in [0.1, 0.15) is 21.5 Å². The largest absolute Gasteiger partial charge is 0.380 e. The summed E-state index contributed by atoms with van der Waals surface area (Å²) >= 11 is 3.20. The molecule has 0 aliphatic carbocycles. The van der Waals surface area contributed by atoms with Gasteiger partial charge < -0.3 is 11.1 Å². The third-order valence-corrected chi connectivity index (χ3v) is 3.36. The second kappa shape index (κ2) is 6.05. The van der Waals surface area contributed by atoms with E-state index in [9.17, 15) is 9.18 Å². The van der Waals surface area contributed by atoms with E-state index in [2.05, 4.69) is 21.2 Å². The Kier molecular flexibility index (Phi) is 4.39. The maximum absolute atomic E-state index is 13.8. The summed E-state index contributed by atoms with van der Waals surface area (Å²) in [5.74, 6) is -1.43. The molecule has 0 spiro atoms. The van der Waals surface area contributed by atoms with Crippen molar-refractivity contribution in [2.45, 2.75) is 13.5 Å². The van der Waals surface area contributed by atoms with Crippen molar-refractivity contribution in [2.24, 2.45) is 5.73 Å². The molecule has 104 valence electrons. The zero-order chi connectivity index (χ0) is 14.7. The molecule has 0 aliphatic heterocycles. The minimum Gasteiger partial charge on any atom is -0.380 e. The molecular weight excluding hydrogens is 323 g/mol. The van der Waals surface area contributed by atoms with Crippen LogP contribution in [0.4, 0.5) is 10.1 Å². The van der Waals surface area contributed by atoms with Gasteiger partial charge in [-0.2, -0.15) is 0 Å². The summed E-state index contributed by atoms with van der Waals surface area (Å²) in [7, 11) is 0. The molecule has 0 fully saturated rings. The number of benzene rings is 2. The highest BCUT2D eigenvalue weighted by Crippen LogP contribution is 2.25. The number of hydrogen-bond donors (Lipinski definition) is 2. The fraction of sp³-hybridized carbons (Fsp3) is 0.133. The van der Waals surface area contributed by atoms with Gasteiger partial charge >= 0.3 is 0 Å². The molecule has 0 heterocycles. The summed E-state index contributed by atoms with van der Waals surface area (Å²) in [5, 5.41) is 3.04. The number of halogens is 2. The van der Waals surface area contributed by atoms with Gasteiger partial charge in [0.2, 0.25) is 0 Å². The van der Waals surface area contributed by atoms with Gasteiger partial charge in [0.25, 0.3) is 5.91 Å². The van der Waals surface area contributed by atoms with E-state index in [1.807, 2.05) is 31.2 Å². The highest BCUT2D eigenvalue weighted by atomic mass is 79.9. The smallest absolute Gasteiger partial charge is 0.253 e. The molecule has 2 rings (SSSR count). The van der Waals surface area contributed by atoms with Crippen LogP contribution >= 0.6 is 15.9 Å². The van der Waals surface area contributed by atoms with E-state index >= 15 is 0 Å². The van der Waals surface area contributed by atoms with Gasteiger partial charge in [-0.3, -0.25) is 4.79 Å². The second-order valence-electron chi connectivity index (χ2n) is 4.51. The van der Waals surface area contributed by atoms with Gasteiger partial charge in [-0.1, -0.05) is 45.8 Å². The first-order valence-electron chi connectivity index (χ1n) is 6.05. The molecule has 2 aromatic carbocycles. The Labute approximate surface area is 125 Å². The summed E-state index contributed by atoms with van der Waals surface area (Å²) in [6.07, 6.45) is 0. The molecule has 3 N–H and O–H groups in total. The van der Waals surface area contributed by atoms with E-state index in [4.69, 9.17) is 5.73 Å². The maximum Gasteiger partial charge on any atom is 0.253 e. The number of carbonyl (C=O) groups excluding carboxylic acids is 1. The molecule has 1 amide bonds. The number of nitrogens with two attached hydrogens (primary N) is 1. The van der Waals surface area contributed by atoms with Crippen LogP contribution < -0.4 is 11.1 Å². The van der Waals surface area contributed by atoms with Gasteiger partial charge in [-0.05, 0) is 24.6 Å². The summed E-state index contributed by atoms with van der Waals surface area (Å²) in [5.41, 5.74) is 7.68. The molecule has 3 nitrogen and oxygen atoms in total. The number of nitrogens with one attached hydrogen (secondary N) is 1. The maximum atomic E-state index is 13.8. The van der Waals surface area contributed by atoms with Crippen LogP contribution in [0, 0.1) is 12.7 Å². The molecule has 0 saturated heterocycles. The average Bonchev–Trinajstić information content (AvgIpc) is 2.36. The van der Waals surface area contributed by atoms with Crippen molar-refractivity contribution in [1.82, 2.24) is 0 Å². The van der Waals surface area contributed by atoms with Crippen molar-refractivity contribution < 1.29 is 9.18 Å². The van der Waals surface area contributed by atoms with Gasteiger partial charge in [0.15, 0.2) is 0 Å². The van der Waals surface area contributed by atoms with Gasteiger partial charge in [0.1, 0.15) is 5.82 Å². The van der Waals surface area contributed by atoms with Crippen LogP contribution in [0.3, 0.4) is 0 Å². The lowest BCUT2D eigenvalue weighted by atomic mass is 10.1. The average molecular weight is 337 g/mol. The van der Waals surface area contributed by atoms with Crippen LogP contribution in [0.25, 0.3) is 0 Å². The summed E-state index contributed by atoms with van der Waals surface area (Å²) in [4.78, 5) is 11.3. The lowest BCUT2D eigenvalue weighted by Crippen LogP contribution is -2.16. The van der Waals surface area contributed by atoms with Crippen molar-refractivity contribution in [3.05, 3.63) is 63.4 Å². The fourth-order valence-electron chi connectivity index (χ4n) is 1.87. The van der Waals surface area contributed by atoms with Crippen LogP contribution in [-0.4, -0.2) is 5.91 Å². The quantitative estimate of drug-likeness (QED) is 0.896. The van der Waals surface area contributed by atoms with Crippen LogP contribution in [0.2, 0.25) is 0 Å². The Morgan fingerprint density at radius 2 is 1.95 bits per heavy atom. The van der Waals surface area contributed by atoms with Gasteiger partial charge in [-0.25, -0.2) is 4.39 Å². The molecule has 0 saturated carbocycles. The number of amides is 1. The zero-order valence-corrected chi connectivity index (χ0v) is 12.5. The molecular formula is C15H14BrFN2O. The first kappa shape index (κ1) is 14.5. The summed E-state index contributed by atoms with van der Waals surface area (Å²) < 4.78 is 14.3. The van der Waals surface area contributed by atoms with Gasteiger partial charge in [-0.15, -0.1) is 0 Å². The second-order valence-corrected chi connectivity index (χ2v) is 5.43. The third-order valence-electron chi connectivity index (χ3n) is 2.90. The molecule has 2 aromatic rings. The molecule has 0 bridgehead atoms. The molecule has 0 atom stereocenters. The van der Waals surface area contributed by atoms with Gasteiger partial charge in [0, 0.05) is 11.0 Å². The Morgan fingerprint density at radius 3 is 2.55 bits per heavy atom. The number of aryl methyl sites for hydroxylation is 1. The SMILES string of the molecule is Cc1ccc(CNc2cc(Br)cc(F)c2C(N)=O)cc1. The standard InChI is InChI=1S/C15H14BrFN2O/c1-9-2-4-10(5-3-9)8-19-13-7-11(16)6-12(17)14(13)15(18)20/h2-7,19H,8H2,1H3,(H2,18,20). The van der Waals surface area contributed by atoms with E-state index in [0.29, 0.717) is 16.7 Å².